The van der Waals surface area contributed by atoms with Crippen molar-refractivity contribution in [3.05, 3.63) is 71.6 Å². The summed E-state index contributed by atoms with van der Waals surface area (Å²) in [5.74, 6) is 1.20. The van der Waals surface area contributed by atoms with Gasteiger partial charge in [-0.3, -0.25) is 4.79 Å². The summed E-state index contributed by atoms with van der Waals surface area (Å²) in [6.07, 6.45) is 4.95. The standard InChI is InChI=1S/C18H18N2O/c1-13-7-8-18(19-12-13)20-16-9-15(10-17(21)11-16)14-5-3-2-4-6-14/h2-8,11-12,15H,9-10H2,1H3,(H,19,20)/t15-/m0/s1. The van der Waals surface area contributed by atoms with E-state index in [1.165, 1.54) is 5.56 Å². The molecule has 0 radical (unpaired) electrons. The van der Waals surface area contributed by atoms with Crippen molar-refractivity contribution >= 4 is 11.6 Å². The molecule has 0 saturated carbocycles. The SMILES string of the molecule is Cc1ccc(NC2=CC(=O)C[C@@H](c3ccccc3)C2)nc1. The number of aryl methyl sites for hydroxylation is 1. The molecule has 1 heterocycles. The summed E-state index contributed by atoms with van der Waals surface area (Å²) < 4.78 is 0. The molecule has 1 N–H and O–H groups in total. The maximum absolute atomic E-state index is 12.0. The fourth-order valence-electron chi connectivity index (χ4n) is 2.65. The van der Waals surface area contributed by atoms with Gasteiger partial charge in [-0.1, -0.05) is 36.4 Å². The molecule has 1 aromatic heterocycles. The van der Waals surface area contributed by atoms with Crippen molar-refractivity contribution in [2.24, 2.45) is 0 Å². The van der Waals surface area contributed by atoms with Gasteiger partial charge in [0.15, 0.2) is 5.78 Å². The van der Waals surface area contributed by atoms with Crippen molar-refractivity contribution in [2.75, 3.05) is 5.32 Å². The number of hydrogen-bond donors (Lipinski definition) is 1. The van der Waals surface area contributed by atoms with Gasteiger partial charge in [0.05, 0.1) is 0 Å². The van der Waals surface area contributed by atoms with Gasteiger partial charge in [-0.25, -0.2) is 4.98 Å². The summed E-state index contributed by atoms with van der Waals surface area (Å²) in [6.45, 7) is 2.01. The first-order valence-corrected chi connectivity index (χ1v) is 7.19. The van der Waals surface area contributed by atoms with Crippen LogP contribution in [0.2, 0.25) is 0 Å². The van der Waals surface area contributed by atoms with Crippen LogP contribution in [0.15, 0.2) is 60.4 Å². The van der Waals surface area contributed by atoms with E-state index in [2.05, 4.69) is 22.4 Å². The third-order valence-corrected chi connectivity index (χ3v) is 3.72. The minimum atomic E-state index is 0.171. The molecule has 3 heteroatoms. The van der Waals surface area contributed by atoms with Crippen LogP contribution in [-0.2, 0) is 4.79 Å². The Balaban J connectivity index is 1.76. The molecule has 3 rings (SSSR count). The van der Waals surface area contributed by atoms with Gasteiger partial charge in [-0.2, -0.15) is 0 Å². The van der Waals surface area contributed by atoms with Gasteiger partial charge in [0.25, 0.3) is 0 Å². The molecule has 0 fully saturated rings. The van der Waals surface area contributed by atoms with E-state index in [1.54, 1.807) is 6.08 Å². The van der Waals surface area contributed by atoms with Gasteiger partial charge in [-0.15, -0.1) is 0 Å². The topological polar surface area (TPSA) is 42.0 Å². The maximum Gasteiger partial charge on any atom is 0.158 e. The van der Waals surface area contributed by atoms with Gasteiger partial charge >= 0.3 is 0 Å². The van der Waals surface area contributed by atoms with Crippen molar-refractivity contribution < 1.29 is 4.79 Å². The number of rotatable bonds is 3. The van der Waals surface area contributed by atoms with E-state index in [9.17, 15) is 4.79 Å². The smallest absolute Gasteiger partial charge is 0.158 e. The van der Waals surface area contributed by atoms with E-state index >= 15 is 0 Å². The molecule has 0 bridgehead atoms. The average molecular weight is 278 g/mol. The molecule has 0 aliphatic heterocycles. The number of nitrogens with zero attached hydrogens (tertiary/aromatic N) is 1. The van der Waals surface area contributed by atoms with E-state index in [0.717, 1.165) is 23.5 Å². The molecule has 0 saturated heterocycles. The third kappa shape index (κ3) is 3.37. The highest BCUT2D eigenvalue weighted by Crippen LogP contribution is 2.31. The van der Waals surface area contributed by atoms with Crippen molar-refractivity contribution in [3.63, 3.8) is 0 Å². The molecule has 1 aliphatic rings. The molecule has 0 amide bonds. The summed E-state index contributed by atoms with van der Waals surface area (Å²) in [6, 6.07) is 14.2. The van der Waals surface area contributed by atoms with Crippen LogP contribution in [0.3, 0.4) is 0 Å². The normalized spacial score (nSPS) is 18.2. The fraction of sp³-hybridized carbons (Fsp3) is 0.222. The second-order valence-corrected chi connectivity index (χ2v) is 5.50. The highest BCUT2D eigenvalue weighted by molar-refractivity contribution is 5.92. The lowest BCUT2D eigenvalue weighted by molar-refractivity contribution is -0.115. The second-order valence-electron chi connectivity index (χ2n) is 5.50. The summed E-state index contributed by atoms with van der Waals surface area (Å²) in [7, 11) is 0. The molecule has 1 aliphatic carbocycles. The Morgan fingerprint density at radius 2 is 1.90 bits per heavy atom. The Labute approximate surface area is 124 Å². The lowest BCUT2D eigenvalue weighted by Gasteiger charge is -2.23. The van der Waals surface area contributed by atoms with Crippen LogP contribution in [-0.4, -0.2) is 10.8 Å². The number of carbonyl (C=O) groups excluding carboxylic acids is 1. The fourth-order valence-corrected chi connectivity index (χ4v) is 2.65. The molecule has 21 heavy (non-hydrogen) atoms. The number of ketones is 1. The van der Waals surface area contributed by atoms with E-state index < -0.39 is 0 Å². The lowest BCUT2D eigenvalue weighted by Crippen LogP contribution is -2.17. The molecule has 1 atom stereocenters. The first-order valence-electron chi connectivity index (χ1n) is 7.19. The zero-order chi connectivity index (χ0) is 14.7. The monoisotopic (exact) mass is 278 g/mol. The Morgan fingerprint density at radius 1 is 1.10 bits per heavy atom. The molecular weight excluding hydrogens is 260 g/mol. The summed E-state index contributed by atoms with van der Waals surface area (Å²) >= 11 is 0. The highest BCUT2D eigenvalue weighted by Gasteiger charge is 2.22. The lowest BCUT2D eigenvalue weighted by atomic mass is 9.85. The van der Waals surface area contributed by atoms with Crippen LogP contribution in [0.1, 0.15) is 29.9 Å². The maximum atomic E-state index is 12.0. The zero-order valence-electron chi connectivity index (χ0n) is 12.0. The number of nitrogens with one attached hydrogen (secondary N) is 1. The van der Waals surface area contributed by atoms with Crippen LogP contribution in [0.25, 0.3) is 0 Å². The molecule has 1 aromatic carbocycles. The molecule has 2 aromatic rings. The van der Waals surface area contributed by atoms with Gasteiger partial charge in [0, 0.05) is 24.4 Å². The average Bonchev–Trinajstić information content (AvgIpc) is 2.50. The number of benzene rings is 1. The van der Waals surface area contributed by atoms with Crippen molar-refractivity contribution in [1.82, 2.24) is 4.98 Å². The molecule has 106 valence electrons. The number of carbonyl (C=O) groups is 1. The second kappa shape index (κ2) is 5.92. The first-order chi connectivity index (χ1) is 10.2. The quantitative estimate of drug-likeness (QED) is 0.927. The number of aromatic nitrogens is 1. The van der Waals surface area contributed by atoms with Gasteiger partial charge in [0.1, 0.15) is 5.82 Å². The van der Waals surface area contributed by atoms with Gasteiger partial charge in [0.2, 0.25) is 0 Å². The van der Waals surface area contributed by atoms with E-state index in [1.807, 2.05) is 43.5 Å². The highest BCUT2D eigenvalue weighted by atomic mass is 16.1. The predicted octanol–water partition coefficient (Wildman–Crippen LogP) is 3.83. The first kappa shape index (κ1) is 13.6. The predicted molar refractivity (Wildman–Crippen MR) is 84.1 cm³/mol. The Morgan fingerprint density at radius 3 is 2.62 bits per heavy atom. The number of hydrogen-bond acceptors (Lipinski definition) is 3. The van der Waals surface area contributed by atoms with Crippen molar-refractivity contribution in [2.45, 2.75) is 25.7 Å². The van der Waals surface area contributed by atoms with Crippen molar-refractivity contribution in [3.8, 4) is 0 Å². The molecular formula is C18H18N2O. The number of allylic oxidation sites excluding steroid dienone is 2. The van der Waals surface area contributed by atoms with Crippen LogP contribution >= 0.6 is 0 Å². The van der Waals surface area contributed by atoms with E-state index in [0.29, 0.717) is 6.42 Å². The number of pyridine rings is 1. The minimum absolute atomic E-state index is 0.171. The van der Waals surface area contributed by atoms with Crippen LogP contribution in [0, 0.1) is 6.92 Å². The summed E-state index contributed by atoms with van der Waals surface area (Å²) in [5.41, 5.74) is 3.28. The molecule has 0 spiro atoms. The zero-order valence-corrected chi connectivity index (χ0v) is 12.0. The Kier molecular flexibility index (Phi) is 3.82. The molecule has 0 unspecified atom stereocenters. The molecule has 3 nitrogen and oxygen atoms in total. The summed E-state index contributed by atoms with van der Waals surface area (Å²) in [4.78, 5) is 16.3. The minimum Gasteiger partial charge on any atom is -0.344 e. The van der Waals surface area contributed by atoms with Crippen molar-refractivity contribution in [1.29, 1.82) is 0 Å². The van der Waals surface area contributed by atoms with Gasteiger partial charge < -0.3 is 5.32 Å². The third-order valence-electron chi connectivity index (χ3n) is 3.72. The van der Waals surface area contributed by atoms with E-state index in [-0.39, 0.29) is 11.7 Å². The Bertz CT molecular complexity index is 659. The van der Waals surface area contributed by atoms with Crippen LogP contribution in [0.5, 0.6) is 0 Å². The van der Waals surface area contributed by atoms with Crippen LogP contribution < -0.4 is 5.32 Å². The van der Waals surface area contributed by atoms with E-state index in [4.69, 9.17) is 0 Å². The largest absolute Gasteiger partial charge is 0.344 e. The summed E-state index contributed by atoms with van der Waals surface area (Å²) in [5, 5.41) is 3.27. The van der Waals surface area contributed by atoms with Crippen LogP contribution in [0.4, 0.5) is 5.82 Å². The Hall–Kier alpha value is -2.42. The van der Waals surface area contributed by atoms with Gasteiger partial charge in [-0.05, 0) is 36.5 Å². The number of anilines is 1.